The lowest BCUT2D eigenvalue weighted by atomic mass is 9.91. The quantitative estimate of drug-likeness (QED) is 0.603. The van der Waals surface area contributed by atoms with E-state index in [1.165, 1.54) is 14.2 Å². The zero-order valence-corrected chi connectivity index (χ0v) is 20.7. The molecule has 0 spiro atoms. The van der Waals surface area contributed by atoms with Crippen molar-refractivity contribution in [3.05, 3.63) is 35.9 Å². The van der Waals surface area contributed by atoms with Crippen LogP contribution in [0.2, 0.25) is 0 Å². The summed E-state index contributed by atoms with van der Waals surface area (Å²) in [5.41, 5.74) is 0.00291. The van der Waals surface area contributed by atoms with Gasteiger partial charge < -0.3 is 13.8 Å². The lowest BCUT2D eigenvalue weighted by molar-refractivity contribution is -0.00861. The summed E-state index contributed by atoms with van der Waals surface area (Å²) >= 11 is 0. The topological polar surface area (TPSA) is 68.3 Å². The molecule has 30 heavy (non-hydrogen) atoms. The molecule has 0 saturated carbocycles. The lowest BCUT2D eigenvalue weighted by Crippen LogP contribution is -2.53. The first kappa shape index (κ1) is 24.9. The van der Waals surface area contributed by atoms with Crippen LogP contribution in [0.5, 0.6) is 0 Å². The number of ether oxygens (including phenoxy) is 1. The number of hydrogen-bond donors (Lipinski definition) is 0. The Morgan fingerprint density at radius 3 is 2.07 bits per heavy atom. The van der Waals surface area contributed by atoms with Crippen LogP contribution in [0.25, 0.3) is 0 Å². The Bertz CT molecular complexity index is 779. The molecule has 7 nitrogen and oxygen atoms in total. The van der Waals surface area contributed by atoms with Gasteiger partial charge in [0.05, 0.1) is 12.7 Å². The molecule has 0 aromatic heterocycles. The Morgan fingerprint density at radius 1 is 1.10 bits per heavy atom. The highest BCUT2D eigenvalue weighted by molar-refractivity contribution is 7.55. The van der Waals surface area contributed by atoms with Crippen LogP contribution in [-0.2, 0) is 24.8 Å². The molecule has 1 amide bonds. The summed E-state index contributed by atoms with van der Waals surface area (Å²) < 4.78 is 30.7. The van der Waals surface area contributed by atoms with Crippen LogP contribution in [-0.4, -0.2) is 60.8 Å². The van der Waals surface area contributed by atoms with Gasteiger partial charge in [-0.25, -0.2) is 4.79 Å². The molecule has 0 bridgehead atoms. The summed E-state index contributed by atoms with van der Waals surface area (Å²) in [7, 11) is 1.03. The highest BCUT2D eigenvalue weighted by Crippen LogP contribution is 2.65. The molecule has 1 aliphatic heterocycles. The molecule has 170 valence electrons. The van der Waals surface area contributed by atoms with Gasteiger partial charge in [-0.05, 0) is 38.8 Å². The first-order valence-corrected chi connectivity index (χ1v) is 11.7. The monoisotopic (exact) mass is 440 g/mol. The van der Waals surface area contributed by atoms with Gasteiger partial charge in [0, 0.05) is 20.6 Å². The van der Waals surface area contributed by atoms with Crippen LogP contribution in [0.15, 0.2) is 30.3 Å². The minimum atomic E-state index is -3.64. The molecule has 2 atom stereocenters. The Kier molecular flexibility index (Phi) is 7.14. The van der Waals surface area contributed by atoms with E-state index in [-0.39, 0.29) is 18.1 Å². The van der Waals surface area contributed by atoms with Crippen molar-refractivity contribution < 1.29 is 23.1 Å². The number of nitrogens with zero attached hydrogens (tertiary/aromatic N) is 2. The Labute approximate surface area is 181 Å². The van der Waals surface area contributed by atoms with E-state index in [0.717, 1.165) is 5.56 Å². The second-order valence-corrected chi connectivity index (χ2v) is 12.5. The summed E-state index contributed by atoms with van der Waals surface area (Å²) in [6.07, 6.45) is -0.410. The van der Waals surface area contributed by atoms with Gasteiger partial charge in [0.2, 0.25) is 0 Å². The number of carbonyl (C=O) groups excluding carboxylic acids is 1. The van der Waals surface area contributed by atoms with E-state index in [4.69, 9.17) is 13.8 Å². The SMILES string of the molecule is COP(=O)(OC)[C@@]1(Cc2ccccc2)CN(C(=O)OC(C)(C)C)[C@H](C(C)(C)C)N1C. The molecule has 0 radical (unpaired) electrons. The number of rotatable bonds is 5. The molecule has 1 aromatic carbocycles. The van der Waals surface area contributed by atoms with Gasteiger partial charge >= 0.3 is 13.7 Å². The molecule has 1 fully saturated rings. The Balaban J connectivity index is 2.63. The maximum Gasteiger partial charge on any atom is 0.411 e. The predicted octanol–water partition coefficient (Wildman–Crippen LogP) is 4.97. The lowest BCUT2D eigenvalue weighted by Gasteiger charge is -2.43. The van der Waals surface area contributed by atoms with Crippen LogP contribution in [0.3, 0.4) is 0 Å². The molecule has 1 aromatic rings. The fraction of sp³-hybridized carbons (Fsp3) is 0.682. The van der Waals surface area contributed by atoms with Gasteiger partial charge in [-0.3, -0.25) is 14.4 Å². The van der Waals surface area contributed by atoms with Gasteiger partial charge in [-0.1, -0.05) is 51.1 Å². The third-order valence-corrected chi connectivity index (χ3v) is 8.06. The van der Waals surface area contributed by atoms with Crippen LogP contribution in [0.1, 0.15) is 47.1 Å². The van der Waals surface area contributed by atoms with Gasteiger partial charge in [0.25, 0.3) is 0 Å². The van der Waals surface area contributed by atoms with Crippen LogP contribution in [0, 0.1) is 5.41 Å². The summed E-state index contributed by atoms with van der Waals surface area (Å²) in [6.45, 7) is 11.8. The molecular formula is C22H37N2O5P. The molecular weight excluding hydrogens is 403 g/mol. The van der Waals surface area contributed by atoms with Gasteiger partial charge in [0.15, 0.2) is 0 Å². The van der Waals surface area contributed by atoms with Crippen molar-refractivity contribution in [2.45, 2.75) is 65.0 Å². The first-order chi connectivity index (χ1) is 13.7. The fourth-order valence-corrected chi connectivity index (χ4v) is 6.36. The normalized spacial score (nSPS) is 23.6. The van der Waals surface area contributed by atoms with Crippen molar-refractivity contribution in [3.63, 3.8) is 0 Å². The second kappa shape index (κ2) is 8.62. The minimum Gasteiger partial charge on any atom is -0.444 e. The van der Waals surface area contributed by atoms with E-state index < -0.39 is 24.6 Å². The first-order valence-electron chi connectivity index (χ1n) is 10.2. The second-order valence-electron chi connectivity index (χ2n) is 9.97. The van der Waals surface area contributed by atoms with Gasteiger partial charge in [0.1, 0.15) is 10.9 Å². The highest BCUT2D eigenvalue weighted by atomic mass is 31.2. The standard InChI is InChI=1S/C22H37N2O5P/c1-20(2,3)18-23(7)22(30(26,27-8)28-9,15-17-13-11-10-12-14-17)16-24(18)19(25)29-21(4,5)6/h10-14,18H,15-16H2,1-9H3/t18-,22+/m1/s1. The molecule has 0 aliphatic carbocycles. The van der Waals surface area contributed by atoms with Crippen molar-refractivity contribution in [3.8, 4) is 0 Å². The van der Waals surface area contributed by atoms with Crippen LogP contribution in [0.4, 0.5) is 4.79 Å². The molecule has 0 N–H and O–H groups in total. The van der Waals surface area contributed by atoms with Gasteiger partial charge in [-0.2, -0.15) is 0 Å². The maximum atomic E-state index is 14.0. The van der Waals surface area contributed by atoms with Crippen molar-refractivity contribution in [1.82, 2.24) is 9.80 Å². The summed E-state index contributed by atoms with van der Waals surface area (Å²) in [6, 6.07) is 9.78. The van der Waals surface area contributed by atoms with Crippen LogP contribution >= 0.6 is 7.60 Å². The average molecular weight is 441 g/mol. The minimum absolute atomic E-state index is 0.161. The van der Waals surface area contributed by atoms with Crippen molar-refractivity contribution in [2.24, 2.45) is 5.41 Å². The average Bonchev–Trinajstić information content (AvgIpc) is 2.94. The van der Waals surface area contributed by atoms with Gasteiger partial charge in [-0.15, -0.1) is 0 Å². The molecule has 0 unspecified atom stereocenters. The zero-order chi connectivity index (χ0) is 23.0. The molecule has 1 aliphatic rings. The van der Waals surface area contributed by atoms with Crippen molar-refractivity contribution in [1.29, 1.82) is 0 Å². The fourth-order valence-electron chi connectivity index (χ4n) is 4.34. The number of amides is 1. The predicted molar refractivity (Wildman–Crippen MR) is 118 cm³/mol. The summed E-state index contributed by atoms with van der Waals surface area (Å²) in [5, 5.41) is -1.06. The molecule has 8 heteroatoms. The molecule has 1 heterocycles. The number of carbonyl (C=O) groups is 1. The summed E-state index contributed by atoms with van der Waals surface area (Å²) in [5.74, 6) is 0. The zero-order valence-electron chi connectivity index (χ0n) is 19.8. The Morgan fingerprint density at radius 2 is 1.63 bits per heavy atom. The molecule has 1 saturated heterocycles. The smallest absolute Gasteiger partial charge is 0.411 e. The Hall–Kier alpha value is -1.40. The summed E-state index contributed by atoms with van der Waals surface area (Å²) in [4.78, 5) is 16.9. The van der Waals surface area contributed by atoms with Crippen LogP contribution < -0.4 is 0 Å². The number of benzene rings is 1. The number of likely N-dealkylation sites (N-methyl/N-ethyl adjacent to an activating group) is 1. The molecule has 2 rings (SSSR count). The van der Waals surface area contributed by atoms with E-state index in [0.29, 0.717) is 6.42 Å². The third kappa shape index (κ3) is 4.75. The largest absolute Gasteiger partial charge is 0.444 e. The van der Waals surface area contributed by atoms with E-state index in [1.54, 1.807) is 4.90 Å². The third-order valence-electron chi connectivity index (χ3n) is 5.47. The van der Waals surface area contributed by atoms with E-state index in [9.17, 15) is 9.36 Å². The number of hydrogen-bond acceptors (Lipinski definition) is 6. The van der Waals surface area contributed by atoms with Crippen molar-refractivity contribution in [2.75, 3.05) is 27.8 Å². The van der Waals surface area contributed by atoms with E-state index >= 15 is 0 Å². The van der Waals surface area contributed by atoms with E-state index in [1.807, 2.05) is 63.1 Å². The van der Waals surface area contributed by atoms with E-state index in [2.05, 4.69) is 20.8 Å². The highest BCUT2D eigenvalue weighted by Gasteiger charge is 2.64. The maximum absolute atomic E-state index is 14.0. The van der Waals surface area contributed by atoms with Crippen molar-refractivity contribution >= 4 is 13.7 Å².